The predicted octanol–water partition coefficient (Wildman–Crippen LogP) is 6.92. The zero-order chi connectivity index (χ0) is 28.6. The normalized spacial score (nSPS) is 38.2. The third-order valence-corrected chi connectivity index (χ3v) is 11.9. The summed E-state index contributed by atoms with van der Waals surface area (Å²) >= 11 is 0. The van der Waals surface area contributed by atoms with Crippen molar-refractivity contribution in [1.29, 1.82) is 0 Å². The maximum absolute atomic E-state index is 12.4. The molecule has 8 atom stereocenters. The Balaban J connectivity index is 1.40. The van der Waals surface area contributed by atoms with Crippen molar-refractivity contribution in [2.75, 3.05) is 6.54 Å². The smallest absolute Gasteiger partial charge is 0.325 e. The van der Waals surface area contributed by atoms with Crippen LogP contribution in [0.1, 0.15) is 119 Å². The quantitative estimate of drug-likeness (QED) is 0.177. The Bertz CT molecular complexity index is 973. The lowest BCUT2D eigenvalue weighted by molar-refractivity contribution is -0.153. The zero-order valence-corrected chi connectivity index (χ0v) is 25.3. The average Bonchev–Trinajstić information content (AvgIpc) is 3.21. The Morgan fingerprint density at radius 2 is 1.74 bits per heavy atom. The number of hydrogen-bond acceptors (Lipinski definition) is 4. The highest BCUT2D eigenvalue weighted by Crippen LogP contribution is 2.72. The molecule has 6 nitrogen and oxygen atoms in total. The molecule has 0 heterocycles. The van der Waals surface area contributed by atoms with Crippen molar-refractivity contribution in [3.63, 3.8) is 0 Å². The number of carbonyl (C=O) groups excluding carboxylic acids is 2. The largest absolute Gasteiger partial charge is 0.481 e. The molecule has 0 spiro atoms. The van der Waals surface area contributed by atoms with Crippen molar-refractivity contribution in [2.45, 2.75) is 125 Å². The van der Waals surface area contributed by atoms with Crippen LogP contribution in [0.15, 0.2) is 11.6 Å². The number of esters is 1. The molecule has 4 rings (SSSR count). The summed E-state index contributed by atoms with van der Waals surface area (Å²) in [6.45, 7) is 14.7. The van der Waals surface area contributed by atoms with Gasteiger partial charge in [-0.15, -0.1) is 0 Å². The fourth-order valence-corrected chi connectivity index (χ4v) is 10.0. The highest BCUT2D eigenvalue weighted by molar-refractivity contribution is 5.94. The first kappa shape index (κ1) is 30.1. The van der Waals surface area contributed by atoms with Crippen LogP contribution in [0.4, 0.5) is 0 Å². The molecule has 3 fully saturated rings. The summed E-state index contributed by atoms with van der Waals surface area (Å²) in [5.74, 6) is 1.53. The summed E-state index contributed by atoms with van der Waals surface area (Å²) in [4.78, 5) is 34.6. The van der Waals surface area contributed by atoms with E-state index in [1.807, 2.05) is 0 Å². The Morgan fingerprint density at radius 1 is 1.00 bits per heavy atom. The van der Waals surface area contributed by atoms with Gasteiger partial charge in [-0.3, -0.25) is 14.4 Å². The Labute approximate surface area is 236 Å². The standard InChI is InChI=1S/C33H53NO5/c1-21(2)8-7-9-22(3)25-10-11-26-32(25,5)17-14-27-31(4)16-13-24(18-23(31)12-15-33(26,27)6)39-30(38)20-34-28(35)19-29(36)37/h12,21-22,24-27H,7-11,13-20H2,1-6H3,(H,34,35)(H,36,37)/t22-,24+,25?,26-,27-,31+,32-,33+/m1/s1. The van der Waals surface area contributed by atoms with E-state index in [9.17, 15) is 14.4 Å². The molecule has 1 amide bonds. The van der Waals surface area contributed by atoms with E-state index in [1.54, 1.807) is 0 Å². The van der Waals surface area contributed by atoms with Crippen LogP contribution in [-0.2, 0) is 19.1 Å². The minimum atomic E-state index is -1.21. The van der Waals surface area contributed by atoms with Crippen molar-refractivity contribution in [1.82, 2.24) is 5.32 Å². The van der Waals surface area contributed by atoms with Gasteiger partial charge in [0.05, 0.1) is 0 Å². The van der Waals surface area contributed by atoms with E-state index in [-0.39, 0.29) is 18.1 Å². The molecule has 0 aromatic carbocycles. The maximum Gasteiger partial charge on any atom is 0.325 e. The van der Waals surface area contributed by atoms with Crippen LogP contribution in [0, 0.1) is 45.8 Å². The minimum absolute atomic E-state index is 0.161. The highest BCUT2D eigenvalue weighted by atomic mass is 16.5. The van der Waals surface area contributed by atoms with E-state index in [1.165, 1.54) is 50.5 Å². The molecular weight excluding hydrogens is 490 g/mol. The second kappa shape index (κ2) is 11.6. The van der Waals surface area contributed by atoms with E-state index in [0.717, 1.165) is 49.4 Å². The van der Waals surface area contributed by atoms with Crippen molar-refractivity contribution in [3.8, 4) is 0 Å². The van der Waals surface area contributed by atoms with E-state index in [0.29, 0.717) is 16.7 Å². The number of hydrogen-bond donors (Lipinski definition) is 2. The molecule has 6 heteroatoms. The number of carboxylic acids is 1. The number of aliphatic carboxylic acids is 1. The lowest BCUT2D eigenvalue weighted by Crippen LogP contribution is -2.56. The number of allylic oxidation sites excluding steroid dienone is 1. The second-order valence-corrected chi connectivity index (χ2v) is 14.7. The van der Waals surface area contributed by atoms with Gasteiger partial charge in [0.2, 0.25) is 5.91 Å². The molecule has 4 aliphatic rings. The van der Waals surface area contributed by atoms with Crippen LogP contribution in [0.2, 0.25) is 0 Å². The molecule has 0 aromatic heterocycles. The number of ether oxygens (including phenoxy) is 1. The molecule has 3 saturated carbocycles. The number of amides is 1. The highest BCUT2D eigenvalue weighted by Gasteiger charge is 2.64. The van der Waals surface area contributed by atoms with Gasteiger partial charge in [-0.2, -0.15) is 0 Å². The van der Waals surface area contributed by atoms with Gasteiger partial charge in [-0.25, -0.2) is 0 Å². The molecule has 39 heavy (non-hydrogen) atoms. The van der Waals surface area contributed by atoms with Crippen molar-refractivity contribution >= 4 is 17.8 Å². The summed E-state index contributed by atoms with van der Waals surface area (Å²) in [7, 11) is 0. The van der Waals surface area contributed by atoms with Crippen LogP contribution in [-0.4, -0.2) is 35.6 Å². The van der Waals surface area contributed by atoms with Gasteiger partial charge in [-0.05, 0) is 90.8 Å². The van der Waals surface area contributed by atoms with Gasteiger partial charge < -0.3 is 15.2 Å². The second-order valence-electron chi connectivity index (χ2n) is 14.7. The molecule has 1 unspecified atom stereocenters. The number of nitrogens with one attached hydrogen (secondary N) is 1. The Hall–Kier alpha value is -1.85. The first-order valence-electron chi connectivity index (χ1n) is 15.7. The summed E-state index contributed by atoms with van der Waals surface area (Å²) < 4.78 is 5.73. The molecule has 4 aliphatic carbocycles. The first-order valence-corrected chi connectivity index (χ1v) is 15.7. The molecule has 0 aliphatic heterocycles. The molecule has 0 bridgehead atoms. The Kier molecular flexibility index (Phi) is 8.93. The number of carbonyl (C=O) groups is 3. The van der Waals surface area contributed by atoms with Crippen LogP contribution in [0.25, 0.3) is 0 Å². The van der Waals surface area contributed by atoms with Crippen LogP contribution in [0.5, 0.6) is 0 Å². The van der Waals surface area contributed by atoms with Crippen LogP contribution >= 0.6 is 0 Å². The predicted molar refractivity (Wildman–Crippen MR) is 153 cm³/mol. The van der Waals surface area contributed by atoms with Gasteiger partial charge >= 0.3 is 11.9 Å². The maximum atomic E-state index is 12.4. The van der Waals surface area contributed by atoms with Gasteiger partial charge in [0.15, 0.2) is 0 Å². The van der Waals surface area contributed by atoms with E-state index < -0.39 is 24.3 Å². The van der Waals surface area contributed by atoms with E-state index in [4.69, 9.17) is 9.84 Å². The molecule has 2 N–H and O–H groups in total. The zero-order valence-electron chi connectivity index (χ0n) is 25.3. The van der Waals surface area contributed by atoms with Crippen molar-refractivity contribution in [3.05, 3.63) is 11.6 Å². The lowest BCUT2D eigenvalue weighted by Gasteiger charge is -2.63. The summed E-state index contributed by atoms with van der Waals surface area (Å²) in [5, 5.41) is 11.1. The van der Waals surface area contributed by atoms with E-state index >= 15 is 0 Å². The van der Waals surface area contributed by atoms with Crippen molar-refractivity contribution in [2.24, 2.45) is 45.8 Å². The average molecular weight is 544 g/mol. The van der Waals surface area contributed by atoms with Gasteiger partial charge in [0, 0.05) is 6.42 Å². The number of rotatable bonds is 10. The first-order chi connectivity index (χ1) is 18.3. The summed E-state index contributed by atoms with van der Waals surface area (Å²) in [5.41, 5.74) is 2.40. The van der Waals surface area contributed by atoms with Crippen LogP contribution < -0.4 is 5.32 Å². The third-order valence-electron chi connectivity index (χ3n) is 11.9. The number of carboxylic acid groups (broad SMARTS) is 1. The summed E-state index contributed by atoms with van der Waals surface area (Å²) in [6.07, 6.45) is 14.9. The van der Waals surface area contributed by atoms with Gasteiger partial charge in [-0.1, -0.05) is 72.5 Å². The monoisotopic (exact) mass is 543 g/mol. The Morgan fingerprint density at radius 3 is 2.44 bits per heavy atom. The molecule has 220 valence electrons. The van der Waals surface area contributed by atoms with E-state index in [2.05, 4.69) is 52.9 Å². The minimum Gasteiger partial charge on any atom is -0.481 e. The lowest BCUT2D eigenvalue weighted by atomic mass is 9.41. The third kappa shape index (κ3) is 5.95. The fraction of sp³-hybridized carbons (Fsp3) is 0.848. The molecule has 0 saturated heterocycles. The topological polar surface area (TPSA) is 92.7 Å². The molecule has 0 radical (unpaired) electrons. The summed E-state index contributed by atoms with van der Waals surface area (Å²) in [6, 6.07) is 0. The van der Waals surface area contributed by atoms with Crippen LogP contribution in [0.3, 0.4) is 0 Å². The fourth-order valence-electron chi connectivity index (χ4n) is 10.0. The van der Waals surface area contributed by atoms with Gasteiger partial charge in [0.25, 0.3) is 0 Å². The molecule has 0 aromatic rings. The van der Waals surface area contributed by atoms with Crippen molar-refractivity contribution < 1.29 is 24.2 Å². The number of fused-ring (bicyclic) bond motifs is 5. The molecular formula is C33H53NO5. The van der Waals surface area contributed by atoms with Gasteiger partial charge in [0.1, 0.15) is 19.1 Å². The SMILES string of the molecule is CC(C)CCC[C@@H](C)C1CC[C@H]2[C@]3(C)CC=C4C[C@@H](OC(=O)CNC(=O)CC(=O)O)CC[C@]4(C)[C@H]3CC[C@]12C.